The Morgan fingerprint density at radius 1 is 1.29 bits per heavy atom. The van der Waals surface area contributed by atoms with Crippen LogP contribution < -0.4 is 10.1 Å². The molecule has 4 heterocycles. The van der Waals surface area contributed by atoms with Gasteiger partial charge >= 0.3 is 0 Å². The molecule has 2 aromatic heterocycles. The number of nitriles is 1. The van der Waals surface area contributed by atoms with Crippen molar-refractivity contribution in [1.29, 1.82) is 5.26 Å². The van der Waals surface area contributed by atoms with Crippen LogP contribution in [0, 0.1) is 11.3 Å². The number of nitrogens with one attached hydrogen (secondary N) is 1. The molecule has 2 aromatic rings. The number of methoxy groups -OCH3 is 1. The minimum Gasteiger partial charge on any atom is -0.495 e. The lowest BCUT2D eigenvalue weighted by Crippen LogP contribution is -2.42. The molecule has 1 saturated heterocycles. The lowest BCUT2D eigenvalue weighted by atomic mass is 9.93. The van der Waals surface area contributed by atoms with Gasteiger partial charge in [0.25, 0.3) is 5.91 Å². The fourth-order valence-corrected chi connectivity index (χ4v) is 4.27. The number of halogens is 1. The number of likely N-dealkylation sites (tertiary alicyclic amines) is 1. The van der Waals surface area contributed by atoms with Gasteiger partial charge in [0.05, 0.1) is 36.2 Å². The van der Waals surface area contributed by atoms with Gasteiger partial charge in [-0.25, -0.2) is 4.98 Å². The Hall–Kier alpha value is -3.44. The molecule has 1 fully saturated rings. The number of fused-ring (bicyclic) bond motifs is 1. The number of Topliss-reactive ketones (excluding diaryl/α,β-unsaturated/α-hetero) is 1. The standard InChI is InChI=1S/C22H20ClN5O3/c1-31-17-12-27-21(23)19-18(17)15(11-26-19)20(29)22(30)28-8-5-13(6-9-28)14(10-24)16-4-2-3-7-25-16/h2-4,7,12,15,26H,5-6,8-9,11H2,1H3. The summed E-state index contributed by atoms with van der Waals surface area (Å²) in [5.41, 5.74) is 3.22. The molecular weight excluding hydrogens is 418 g/mol. The number of ether oxygens (including phenoxy) is 1. The zero-order valence-electron chi connectivity index (χ0n) is 16.9. The van der Waals surface area contributed by atoms with Gasteiger partial charge in [0.2, 0.25) is 5.78 Å². The Morgan fingerprint density at radius 2 is 2.06 bits per heavy atom. The Bertz CT molecular complexity index is 1100. The molecule has 2 aliphatic heterocycles. The van der Waals surface area contributed by atoms with Crippen molar-refractivity contribution in [3.8, 4) is 11.8 Å². The van der Waals surface area contributed by atoms with E-state index in [9.17, 15) is 14.9 Å². The molecule has 4 rings (SSSR count). The second-order valence-corrected chi connectivity index (χ2v) is 7.66. The minimum absolute atomic E-state index is 0.241. The van der Waals surface area contributed by atoms with Crippen molar-refractivity contribution < 1.29 is 14.3 Å². The van der Waals surface area contributed by atoms with Crippen molar-refractivity contribution in [1.82, 2.24) is 14.9 Å². The Labute approximate surface area is 184 Å². The number of nitrogens with zero attached hydrogens (tertiary/aromatic N) is 4. The number of aromatic nitrogens is 2. The number of allylic oxidation sites excluding steroid dienone is 1. The van der Waals surface area contributed by atoms with Crippen molar-refractivity contribution in [2.45, 2.75) is 18.8 Å². The molecule has 8 nitrogen and oxygen atoms in total. The summed E-state index contributed by atoms with van der Waals surface area (Å²) in [5.74, 6) is -1.30. The van der Waals surface area contributed by atoms with Crippen molar-refractivity contribution in [2.75, 3.05) is 32.1 Å². The van der Waals surface area contributed by atoms with E-state index in [1.165, 1.54) is 13.3 Å². The number of piperidine rings is 1. The van der Waals surface area contributed by atoms with Crippen molar-refractivity contribution >= 4 is 34.6 Å². The smallest absolute Gasteiger partial charge is 0.290 e. The van der Waals surface area contributed by atoms with Crippen LogP contribution in [0.3, 0.4) is 0 Å². The summed E-state index contributed by atoms with van der Waals surface area (Å²) in [7, 11) is 1.49. The Balaban J connectivity index is 1.50. The van der Waals surface area contributed by atoms with Crippen LogP contribution in [0.15, 0.2) is 36.2 Å². The van der Waals surface area contributed by atoms with Gasteiger partial charge in [0.15, 0.2) is 5.15 Å². The number of pyridine rings is 2. The maximum atomic E-state index is 13.1. The van der Waals surface area contributed by atoms with E-state index in [0.717, 1.165) is 5.57 Å². The second kappa shape index (κ2) is 8.74. The number of carbonyl (C=O) groups is 2. The highest BCUT2D eigenvalue weighted by Gasteiger charge is 2.39. The zero-order chi connectivity index (χ0) is 22.0. The number of anilines is 1. The highest BCUT2D eigenvalue weighted by Crippen LogP contribution is 2.42. The third kappa shape index (κ3) is 3.84. The monoisotopic (exact) mass is 437 g/mol. The zero-order valence-corrected chi connectivity index (χ0v) is 17.6. The quantitative estimate of drug-likeness (QED) is 0.445. The number of amides is 1. The highest BCUT2D eigenvalue weighted by molar-refractivity contribution is 6.39. The van der Waals surface area contributed by atoms with Crippen LogP contribution in [0.1, 0.15) is 30.0 Å². The van der Waals surface area contributed by atoms with Crippen LogP contribution in [0.5, 0.6) is 5.75 Å². The lowest BCUT2D eigenvalue weighted by molar-refractivity contribution is -0.145. The maximum absolute atomic E-state index is 13.1. The molecule has 1 N–H and O–H groups in total. The van der Waals surface area contributed by atoms with Crippen molar-refractivity contribution in [3.05, 3.63) is 52.6 Å². The topological polar surface area (TPSA) is 108 Å². The van der Waals surface area contributed by atoms with Crippen LogP contribution in [0.25, 0.3) is 5.57 Å². The molecule has 2 aliphatic rings. The molecule has 1 unspecified atom stereocenters. The molecule has 0 bridgehead atoms. The summed E-state index contributed by atoms with van der Waals surface area (Å²) >= 11 is 6.13. The largest absolute Gasteiger partial charge is 0.495 e. The third-order valence-electron chi connectivity index (χ3n) is 5.66. The van der Waals surface area contributed by atoms with Gasteiger partial charge in [-0.1, -0.05) is 17.7 Å². The predicted octanol–water partition coefficient (Wildman–Crippen LogP) is 2.82. The third-order valence-corrected chi connectivity index (χ3v) is 5.94. The summed E-state index contributed by atoms with van der Waals surface area (Å²) in [6.45, 7) is 1.01. The van der Waals surface area contributed by atoms with E-state index in [0.29, 0.717) is 54.2 Å². The van der Waals surface area contributed by atoms with Gasteiger partial charge in [-0.05, 0) is 30.5 Å². The predicted molar refractivity (Wildman–Crippen MR) is 115 cm³/mol. The van der Waals surface area contributed by atoms with Gasteiger partial charge in [-0.2, -0.15) is 5.26 Å². The normalized spacial score (nSPS) is 17.4. The fraction of sp³-hybridized carbons (Fsp3) is 0.318. The Kier molecular flexibility index (Phi) is 5.87. The van der Waals surface area contributed by atoms with E-state index in [1.807, 2.05) is 6.07 Å². The van der Waals surface area contributed by atoms with E-state index in [1.54, 1.807) is 23.2 Å². The van der Waals surface area contributed by atoms with E-state index in [2.05, 4.69) is 21.4 Å². The average molecular weight is 438 g/mol. The molecule has 1 amide bonds. The van der Waals surface area contributed by atoms with E-state index >= 15 is 0 Å². The summed E-state index contributed by atoms with van der Waals surface area (Å²) in [4.78, 5) is 35.9. The van der Waals surface area contributed by atoms with Crippen LogP contribution in [0.4, 0.5) is 5.69 Å². The molecule has 31 heavy (non-hydrogen) atoms. The molecule has 0 aromatic carbocycles. The number of hydrogen-bond acceptors (Lipinski definition) is 7. The first-order valence-electron chi connectivity index (χ1n) is 9.88. The summed E-state index contributed by atoms with van der Waals surface area (Å²) in [5, 5.41) is 12.9. The average Bonchev–Trinajstić information content (AvgIpc) is 3.26. The summed E-state index contributed by atoms with van der Waals surface area (Å²) < 4.78 is 5.33. The molecule has 0 spiro atoms. The SMILES string of the molecule is COc1cnc(Cl)c2c1C(C(=O)C(=O)N1CCC(=C(C#N)c3ccccn3)CC1)CN2. The number of rotatable bonds is 4. The number of carbonyl (C=O) groups excluding carboxylic acids is 2. The molecule has 0 aliphatic carbocycles. The van der Waals surface area contributed by atoms with E-state index < -0.39 is 17.6 Å². The summed E-state index contributed by atoms with van der Waals surface area (Å²) in [6, 6.07) is 7.66. The van der Waals surface area contributed by atoms with Gasteiger partial charge in [-0.15, -0.1) is 0 Å². The number of ketones is 1. The lowest BCUT2D eigenvalue weighted by Gasteiger charge is -2.29. The molecule has 9 heteroatoms. The van der Waals surface area contributed by atoms with Gasteiger partial charge < -0.3 is 15.0 Å². The van der Waals surface area contributed by atoms with Crippen molar-refractivity contribution in [3.63, 3.8) is 0 Å². The first kappa shape index (κ1) is 20.8. The molecular formula is C22H20ClN5O3. The highest BCUT2D eigenvalue weighted by atomic mass is 35.5. The fourth-order valence-electron chi connectivity index (χ4n) is 4.05. The molecule has 0 radical (unpaired) electrons. The van der Waals surface area contributed by atoms with Crippen LogP contribution in [-0.2, 0) is 9.59 Å². The van der Waals surface area contributed by atoms with Crippen molar-refractivity contribution in [2.24, 2.45) is 0 Å². The van der Waals surface area contributed by atoms with Crippen LogP contribution >= 0.6 is 11.6 Å². The van der Waals surface area contributed by atoms with Crippen LogP contribution in [0.2, 0.25) is 5.15 Å². The van der Waals surface area contributed by atoms with Gasteiger partial charge in [0, 0.05) is 31.4 Å². The molecule has 1 atom stereocenters. The maximum Gasteiger partial charge on any atom is 0.290 e. The first-order valence-corrected chi connectivity index (χ1v) is 10.3. The van der Waals surface area contributed by atoms with Gasteiger partial charge in [-0.3, -0.25) is 14.6 Å². The Morgan fingerprint density at radius 3 is 2.71 bits per heavy atom. The van der Waals surface area contributed by atoms with Crippen LogP contribution in [-0.4, -0.2) is 53.3 Å². The molecule has 158 valence electrons. The van der Waals surface area contributed by atoms with E-state index in [4.69, 9.17) is 16.3 Å². The minimum atomic E-state index is -0.682. The molecule has 0 saturated carbocycles. The van der Waals surface area contributed by atoms with Gasteiger partial charge in [0.1, 0.15) is 11.8 Å². The number of hydrogen-bond donors (Lipinski definition) is 1. The first-order chi connectivity index (χ1) is 15.0. The van der Waals surface area contributed by atoms with E-state index in [-0.39, 0.29) is 11.7 Å². The second-order valence-electron chi connectivity index (χ2n) is 7.30. The summed E-state index contributed by atoms with van der Waals surface area (Å²) in [6.07, 6.45) is 4.15.